The van der Waals surface area contributed by atoms with Gasteiger partial charge in [-0.05, 0) is 31.0 Å². The van der Waals surface area contributed by atoms with E-state index in [4.69, 9.17) is 5.11 Å². The van der Waals surface area contributed by atoms with Gasteiger partial charge in [0, 0.05) is 4.88 Å². The molecule has 1 aromatic heterocycles. The third-order valence-corrected chi connectivity index (χ3v) is 4.61. The minimum atomic E-state index is -0.946. The molecule has 2 atom stereocenters. The highest BCUT2D eigenvalue weighted by atomic mass is 32.1. The summed E-state index contributed by atoms with van der Waals surface area (Å²) in [5.74, 6) is -1.15. The van der Waals surface area contributed by atoms with Crippen LogP contribution in [0.15, 0.2) is 47.8 Å². The number of hydrogen-bond donors (Lipinski definition) is 2. The number of likely N-dealkylation sites (N-methyl/N-ethyl adjacent to an activating group) is 1. The molecule has 0 aliphatic heterocycles. The Morgan fingerprint density at radius 1 is 1.22 bits per heavy atom. The van der Waals surface area contributed by atoms with Crippen molar-refractivity contribution < 1.29 is 14.7 Å². The molecule has 0 bridgehead atoms. The van der Waals surface area contributed by atoms with E-state index in [-0.39, 0.29) is 18.5 Å². The highest BCUT2D eigenvalue weighted by molar-refractivity contribution is 7.10. The fourth-order valence-corrected chi connectivity index (χ4v) is 2.98. The van der Waals surface area contributed by atoms with Crippen LogP contribution in [0.1, 0.15) is 23.4 Å². The van der Waals surface area contributed by atoms with Gasteiger partial charge in [-0.15, -0.1) is 11.3 Å². The maximum Gasteiger partial charge on any atom is 0.320 e. The number of carbonyl (C=O) groups excluding carboxylic acids is 1. The molecular formula is C17H20N2O3S. The summed E-state index contributed by atoms with van der Waals surface area (Å²) in [4.78, 5) is 25.8. The number of thiophene rings is 1. The normalized spacial score (nSPS) is 13.5. The van der Waals surface area contributed by atoms with Gasteiger partial charge >= 0.3 is 5.97 Å². The summed E-state index contributed by atoms with van der Waals surface area (Å²) < 4.78 is 0. The van der Waals surface area contributed by atoms with Crippen LogP contribution in [0.2, 0.25) is 0 Å². The van der Waals surface area contributed by atoms with Gasteiger partial charge in [-0.2, -0.15) is 0 Å². The second-order valence-corrected chi connectivity index (χ2v) is 6.34. The second-order valence-electron chi connectivity index (χ2n) is 5.36. The summed E-state index contributed by atoms with van der Waals surface area (Å²) in [7, 11) is 1.63. The Bertz CT molecular complexity index is 643. The molecule has 1 aromatic carbocycles. The van der Waals surface area contributed by atoms with E-state index in [0.717, 1.165) is 10.4 Å². The van der Waals surface area contributed by atoms with Gasteiger partial charge in [-0.25, -0.2) is 0 Å². The molecule has 0 saturated carbocycles. The summed E-state index contributed by atoms with van der Waals surface area (Å²) in [6.45, 7) is 1.59. The molecule has 1 heterocycles. The van der Waals surface area contributed by atoms with Gasteiger partial charge in [0.1, 0.15) is 6.04 Å². The van der Waals surface area contributed by atoms with Gasteiger partial charge in [0.2, 0.25) is 5.91 Å². The molecule has 122 valence electrons. The van der Waals surface area contributed by atoms with Crippen molar-refractivity contribution in [2.24, 2.45) is 0 Å². The first-order valence-electron chi connectivity index (χ1n) is 7.29. The minimum Gasteiger partial charge on any atom is -0.480 e. The standard InChI is InChI=1S/C17H20N2O3S/c1-12(17(21)22)19(2)11-15(20)18-16(14-9-6-10-23-14)13-7-4-3-5-8-13/h3-10,12,16H,11H2,1-2H3,(H,18,20)(H,21,22). The zero-order valence-electron chi connectivity index (χ0n) is 13.1. The maximum atomic E-state index is 12.3. The van der Waals surface area contributed by atoms with Gasteiger partial charge in [0.05, 0.1) is 12.6 Å². The van der Waals surface area contributed by atoms with Crippen molar-refractivity contribution in [1.29, 1.82) is 0 Å². The van der Waals surface area contributed by atoms with Gasteiger partial charge in [-0.3, -0.25) is 14.5 Å². The molecule has 0 aliphatic carbocycles. The molecule has 5 nitrogen and oxygen atoms in total. The number of benzene rings is 1. The fraction of sp³-hybridized carbons (Fsp3) is 0.294. The van der Waals surface area contributed by atoms with E-state index in [1.54, 1.807) is 25.3 Å². The molecule has 2 unspecified atom stereocenters. The zero-order chi connectivity index (χ0) is 16.8. The Labute approximate surface area is 139 Å². The number of nitrogens with one attached hydrogen (secondary N) is 1. The van der Waals surface area contributed by atoms with Crippen LogP contribution in [0.3, 0.4) is 0 Å². The van der Waals surface area contributed by atoms with Crippen molar-refractivity contribution in [3.8, 4) is 0 Å². The molecule has 2 rings (SSSR count). The van der Waals surface area contributed by atoms with E-state index in [2.05, 4.69) is 5.32 Å². The molecule has 0 saturated heterocycles. The Balaban J connectivity index is 2.10. The lowest BCUT2D eigenvalue weighted by molar-refractivity contribution is -0.142. The summed E-state index contributed by atoms with van der Waals surface area (Å²) in [5.41, 5.74) is 0.997. The lowest BCUT2D eigenvalue weighted by Gasteiger charge is -2.23. The van der Waals surface area contributed by atoms with E-state index < -0.39 is 12.0 Å². The van der Waals surface area contributed by atoms with Crippen molar-refractivity contribution >= 4 is 23.2 Å². The van der Waals surface area contributed by atoms with Crippen LogP contribution in [0.25, 0.3) is 0 Å². The Hall–Kier alpha value is -2.18. The molecule has 1 amide bonds. The summed E-state index contributed by atoms with van der Waals surface area (Å²) >= 11 is 1.58. The lowest BCUT2D eigenvalue weighted by Crippen LogP contribution is -2.43. The van der Waals surface area contributed by atoms with Crippen LogP contribution in [0.4, 0.5) is 0 Å². The van der Waals surface area contributed by atoms with Crippen LogP contribution >= 0.6 is 11.3 Å². The Morgan fingerprint density at radius 3 is 2.48 bits per heavy atom. The first-order valence-corrected chi connectivity index (χ1v) is 8.17. The van der Waals surface area contributed by atoms with E-state index in [1.165, 1.54) is 4.90 Å². The average Bonchev–Trinajstić information content (AvgIpc) is 3.06. The van der Waals surface area contributed by atoms with Crippen LogP contribution in [-0.2, 0) is 9.59 Å². The molecular weight excluding hydrogens is 312 g/mol. The molecule has 0 fully saturated rings. The van der Waals surface area contributed by atoms with Crippen LogP contribution < -0.4 is 5.32 Å². The van der Waals surface area contributed by atoms with E-state index >= 15 is 0 Å². The quantitative estimate of drug-likeness (QED) is 0.817. The first kappa shape index (κ1) is 17.2. The lowest BCUT2D eigenvalue weighted by atomic mass is 10.1. The predicted octanol–water partition coefficient (Wildman–Crippen LogP) is 2.36. The summed E-state index contributed by atoms with van der Waals surface area (Å²) in [6, 6.07) is 12.7. The number of carbonyl (C=O) groups is 2. The van der Waals surface area contributed by atoms with Crippen molar-refractivity contribution in [2.45, 2.75) is 19.0 Å². The third-order valence-electron chi connectivity index (χ3n) is 3.68. The van der Waals surface area contributed by atoms with Crippen LogP contribution in [-0.4, -0.2) is 41.5 Å². The molecule has 0 aliphatic rings. The minimum absolute atomic E-state index is 0.0299. The van der Waals surface area contributed by atoms with Gasteiger partial charge in [0.25, 0.3) is 0 Å². The summed E-state index contributed by atoms with van der Waals surface area (Å²) in [5, 5.41) is 14.0. The SMILES string of the molecule is CC(C(=O)O)N(C)CC(=O)NC(c1ccccc1)c1cccs1. The number of carboxylic acids is 1. The first-order chi connectivity index (χ1) is 11.0. The Kier molecular flexibility index (Phi) is 5.90. The van der Waals surface area contributed by atoms with Gasteiger partial charge < -0.3 is 10.4 Å². The number of aliphatic carboxylic acids is 1. The Morgan fingerprint density at radius 2 is 1.91 bits per heavy atom. The van der Waals surface area contributed by atoms with Crippen LogP contribution in [0.5, 0.6) is 0 Å². The van der Waals surface area contributed by atoms with E-state index in [1.807, 2.05) is 47.8 Å². The van der Waals surface area contributed by atoms with E-state index in [9.17, 15) is 9.59 Å². The molecule has 23 heavy (non-hydrogen) atoms. The molecule has 0 spiro atoms. The van der Waals surface area contributed by atoms with Crippen molar-refractivity contribution in [2.75, 3.05) is 13.6 Å². The van der Waals surface area contributed by atoms with Crippen molar-refractivity contribution in [1.82, 2.24) is 10.2 Å². The fourth-order valence-electron chi connectivity index (χ4n) is 2.18. The van der Waals surface area contributed by atoms with E-state index in [0.29, 0.717) is 0 Å². The third kappa shape index (κ3) is 4.64. The number of amides is 1. The molecule has 2 N–H and O–H groups in total. The monoisotopic (exact) mass is 332 g/mol. The second kappa shape index (κ2) is 7.89. The number of carboxylic acid groups (broad SMARTS) is 1. The smallest absolute Gasteiger partial charge is 0.320 e. The largest absolute Gasteiger partial charge is 0.480 e. The predicted molar refractivity (Wildman–Crippen MR) is 90.5 cm³/mol. The highest BCUT2D eigenvalue weighted by Gasteiger charge is 2.22. The van der Waals surface area contributed by atoms with Gasteiger partial charge in [0.15, 0.2) is 0 Å². The number of nitrogens with zero attached hydrogens (tertiary/aromatic N) is 1. The molecule has 0 radical (unpaired) electrons. The van der Waals surface area contributed by atoms with Crippen molar-refractivity contribution in [3.63, 3.8) is 0 Å². The molecule has 6 heteroatoms. The topological polar surface area (TPSA) is 69.6 Å². The van der Waals surface area contributed by atoms with Crippen LogP contribution in [0, 0.1) is 0 Å². The average molecular weight is 332 g/mol. The highest BCUT2D eigenvalue weighted by Crippen LogP contribution is 2.25. The zero-order valence-corrected chi connectivity index (χ0v) is 13.9. The van der Waals surface area contributed by atoms with Crippen molar-refractivity contribution in [3.05, 3.63) is 58.3 Å². The number of hydrogen-bond acceptors (Lipinski definition) is 4. The molecule has 2 aromatic rings. The maximum absolute atomic E-state index is 12.3. The summed E-state index contributed by atoms with van der Waals surface area (Å²) in [6.07, 6.45) is 0. The van der Waals surface area contributed by atoms with Gasteiger partial charge in [-0.1, -0.05) is 36.4 Å². The number of rotatable bonds is 7.